The van der Waals surface area contributed by atoms with Crippen LogP contribution in [-0.4, -0.2) is 23.5 Å². The Labute approximate surface area is 81.5 Å². The van der Waals surface area contributed by atoms with Crippen LogP contribution < -0.4 is 0 Å². The maximum absolute atomic E-state index is 2.86. The second-order valence-electron chi connectivity index (χ2n) is 5.60. The van der Waals surface area contributed by atoms with Crippen LogP contribution in [0.4, 0.5) is 0 Å². The van der Waals surface area contributed by atoms with E-state index in [-0.39, 0.29) is 0 Å². The molecular weight excluding hydrogens is 158 g/mol. The smallest absolute Gasteiger partial charge is 0.0101 e. The molecule has 74 valence electrons. The van der Waals surface area contributed by atoms with E-state index >= 15 is 0 Å². The molecule has 1 aliphatic carbocycles. The molecule has 3 atom stereocenters. The Bertz CT molecular complexity index is 183. The zero-order valence-corrected chi connectivity index (χ0v) is 8.71. The monoisotopic (exact) mass is 179 g/mol. The minimum atomic E-state index is 0.981. The average Bonchev–Trinajstić information content (AvgIpc) is 2.83. The van der Waals surface area contributed by atoms with Crippen LogP contribution in [0.15, 0.2) is 0 Å². The fourth-order valence-electron chi connectivity index (χ4n) is 3.44. The Morgan fingerprint density at radius 2 is 1.62 bits per heavy atom. The van der Waals surface area contributed by atoms with E-state index < -0.39 is 0 Å². The Hall–Kier alpha value is -0.0400. The normalized spacial score (nSPS) is 45.5. The summed E-state index contributed by atoms with van der Waals surface area (Å²) in [6, 6.07) is 1.96. The molecule has 3 aliphatic rings. The molecule has 2 heterocycles. The number of nitrogens with zero attached hydrogens (tertiary/aromatic N) is 1. The van der Waals surface area contributed by atoms with Crippen LogP contribution in [0.25, 0.3) is 0 Å². The summed E-state index contributed by atoms with van der Waals surface area (Å²) in [4.78, 5) is 2.86. The summed E-state index contributed by atoms with van der Waals surface area (Å²) in [6.07, 6.45) is 9.02. The number of piperidine rings is 1. The van der Waals surface area contributed by atoms with Crippen molar-refractivity contribution < 1.29 is 0 Å². The molecule has 13 heavy (non-hydrogen) atoms. The fourth-order valence-corrected chi connectivity index (χ4v) is 3.44. The molecule has 0 spiro atoms. The molecule has 0 N–H and O–H groups in total. The topological polar surface area (TPSA) is 3.24 Å². The highest BCUT2D eigenvalue weighted by molar-refractivity contribution is 4.96. The van der Waals surface area contributed by atoms with Gasteiger partial charge in [0, 0.05) is 18.6 Å². The van der Waals surface area contributed by atoms with Gasteiger partial charge in [0.05, 0.1) is 0 Å². The van der Waals surface area contributed by atoms with E-state index in [1.165, 1.54) is 45.1 Å². The summed E-state index contributed by atoms with van der Waals surface area (Å²) in [7, 11) is 0. The Morgan fingerprint density at radius 3 is 2.15 bits per heavy atom. The van der Waals surface area contributed by atoms with Crippen LogP contribution in [0.1, 0.15) is 45.4 Å². The van der Waals surface area contributed by atoms with Gasteiger partial charge in [-0.3, -0.25) is 4.90 Å². The summed E-state index contributed by atoms with van der Waals surface area (Å²) >= 11 is 0. The Balaban J connectivity index is 1.67. The molecule has 0 amide bonds. The first kappa shape index (κ1) is 8.28. The van der Waals surface area contributed by atoms with Crippen LogP contribution in [0, 0.1) is 11.8 Å². The summed E-state index contributed by atoms with van der Waals surface area (Å²) in [5.74, 6) is 2.10. The number of fused-ring (bicyclic) bond motifs is 2. The largest absolute Gasteiger partial charge is 0.297 e. The van der Waals surface area contributed by atoms with E-state index in [4.69, 9.17) is 0 Å². The van der Waals surface area contributed by atoms with E-state index in [9.17, 15) is 0 Å². The standard InChI is InChI=1S/C12H21N/c1-9-6-11-4-5-12(7-9)13(11)8-10-2-3-10/h9-12H,2-8H2,1H3/t9?,11-,12+. The lowest BCUT2D eigenvalue weighted by Crippen LogP contribution is -2.43. The Morgan fingerprint density at radius 1 is 1.00 bits per heavy atom. The SMILES string of the molecule is CC1C[C@H]2CC[C@@H](C1)N2CC1CC1. The predicted molar refractivity (Wildman–Crippen MR) is 54.6 cm³/mol. The van der Waals surface area contributed by atoms with Crippen LogP contribution in [0.3, 0.4) is 0 Å². The lowest BCUT2D eigenvalue weighted by Gasteiger charge is -2.37. The molecule has 0 radical (unpaired) electrons. The van der Waals surface area contributed by atoms with Crippen molar-refractivity contribution in [3.05, 3.63) is 0 Å². The molecular formula is C12H21N. The third kappa shape index (κ3) is 1.52. The van der Waals surface area contributed by atoms with E-state index in [1.54, 1.807) is 0 Å². The first-order chi connectivity index (χ1) is 6.33. The van der Waals surface area contributed by atoms with Crippen molar-refractivity contribution in [2.75, 3.05) is 6.54 Å². The lowest BCUT2D eigenvalue weighted by molar-refractivity contribution is 0.105. The molecule has 3 rings (SSSR count). The van der Waals surface area contributed by atoms with E-state index in [1.807, 2.05) is 0 Å². The van der Waals surface area contributed by atoms with Crippen molar-refractivity contribution in [1.82, 2.24) is 4.90 Å². The first-order valence-electron chi connectivity index (χ1n) is 6.08. The van der Waals surface area contributed by atoms with Crippen molar-refractivity contribution in [3.63, 3.8) is 0 Å². The second kappa shape index (κ2) is 2.98. The molecule has 3 fully saturated rings. The molecule has 1 nitrogen and oxygen atoms in total. The molecule has 0 aromatic rings. The highest BCUT2D eigenvalue weighted by Crippen LogP contribution is 2.41. The maximum Gasteiger partial charge on any atom is 0.0101 e. The van der Waals surface area contributed by atoms with Crippen molar-refractivity contribution in [1.29, 1.82) is 0 Å². The van der Waals surface area contributed by atoms with Crippen LogP contribution in [0.5, 0.6) is 0 Å². The van der Waals surface area contributed by atoms with E-state index in [0.717, 1.165) is 23.9 Å². The third-order valence-electron chi connectivity index (χ3n) is 4.29. The van der Waals surface area contributed by atoms with E-state index in [0.29, 0.717) is 0 Å². The highest BCUT2D eigenvalue weighted by atomic mass is 15.2. The molecule has 2 bridgehead atoms. The lowest BCUT2D eigenvalue weighted by atomic mass is 9.92. The average molecular weight is 179 g/mol. The van der Waals surface area contributed by atoms with Gasteiger partial charge in [-0.2, -0.15) is 0 Å². The number of hydrogen-bond donors (Lipinski definition) is 0. The summed E-state index contributed by atoms with van der Waals surface area (Å²) in [5, 5.41) is 0. The van der Waals surface area contributed by atoms with Gasteiger partial charge in [-0.05, 0) is 50.4 Å². The molecule has 2 aliphatic heterocycles. The van der Waals surface area contributed by atoms with Crippen LogP contribution >= 0.6 is 0 Å². The predicted octanol–water partition coefficient (Wildman–Crippen LogP) is 2.66. The van der Waals surface area contributed by atoms with Gasteiger partial charge in [0.15, 0.2) is 0 Å². The van der Waals surface area contributed by atoms with Gasteiger partial charge >= 0.3 is 0 Å². The molecule has 0 aromatic carbocycles. The van der Waals surface area contributed by atoms with Gasteiger partial charge in [0.2, 0.25) is 0 Å². The second-order valence-corrected chi connectivity index (χ2v) is 5.60. The summed E-state index contributed by atoms with van der Waals surface area (Å²) < 4.78 is 0. The molecule has 1 saturated carbocycles. The van der Waals surface area contributed by atoms with Gasteiger partial charge in [-0.25, -0.2) is 0 Å². The minimum Gasteiger partial charge on any atom is -0.297 e. The van der Waals surface area contributed by atoms with Crippen LogP contribution in [-0.2, 0) is 0 Å². The van der Waals surface area contributed by atoms with Crippen molar-refractivity contribution in [2.24, 2.45) is 11.8 Å². The van der Waals surface area contributed by atoms with Gasteiger partial charge < -0.3 is 0 Å². The van der Waals surface area contributed by atoms with Gasteiger partial charge in [-0.1, -0.05) is 6.92 Å². The van der Waals surface area contributed by atoms with Gasteiger partial charge in [0.1, 0.15) is 0 Å². The van der Waals surface area contributed by atoms with Crippen molar-refractivity contribution >= 4 is 0 Å². The van der Waals surface area contributed by atoms with Gasteiger partial charge in [0.25, 0.3) is 0 Å². The number of hydrogen-bond acceptors (Lipinski definition) is 1. The fraction of sp³-hybridized carbons (Fsp3) is 1.00. The quantitative estimate of drug-likeness (QED) is 0.630. The van der Waals surface area contributed by atoms with Crippen molar-refractivity contribution in [2.45, 2.75) is 57.5 Å². The van der Waals surface area contributed by atoms with Crippen molar-refractivity contribution in [3.8, 4) is 0 Å². The van der Waals surface area contributed by atoms with E-state index in [2.05, 4.69) is 11.8 Å². The summed E-state index contributed by atoms with van der Waals surface area (Å²) in [5.41, 5.74) is 0. The van der Waals surface area contributed by atoms with Crippen LogP contribution in [0.2, 0.25) is 0 Å². The molecule has 1 heteroatoms. The Kier molecular flexibility index (Phi) is 1.90. The van der Waals surface area contributed by atoms with Gasteiger partial charge in [-0.15, -0.1) is 0 Å². The highest BCUT2D eigenvalue weighted by Gasteiger charge is 2.41. The minimum absolute atomic E-state index is 0.981. The summed E-state index contributed by atoms with van der Waals surface area (Å²) in [6.45, 7) is 3.89. The zero-order chi connectivity index (χ0) is 8.84. The molecule has 2 saturated heterocycles. The first-order valence-corrected chi connectivity index (χ1v) is 6.08. The molecule has 1 unspecified atom stereocenters. The zero-order valence-electron chi connectivity index (χ0n) is 8.71. The maximum atomic E-state index is 2.86. The number of rotatable bonds is 2. The molecule has 0 aromatic heterocycles. The third-order valence-corrected chi connectivity index (χ3v) is 4.29.